The van der Waals surface area contributed by atoms with Gasteiger partial charge in [0.1, 0.15) is 5.75 Å². The fraction of sp³-hybridized carbons (Fsp3) is 0.312. The molecule has 2 aliphatic heterocycles. The van der Waals surface area contributed by atoms with Gasteiger partial charge in [0.2, 0.25) is 0 Å². The molecule has 7 heteroatoms. The van der Waals surface area contributed by atoms with Gasteiger partial charge in [-0.2, -0.15) is 4.99 Å². The molecule has 0 aromatic heterocycles. The fourth-order valence-corrected chi connectivity index (χ4v) is 3.52. The maximum atomic E-state index is 12.1. The fourth-order valence-electron chi connectivity index (χ4n) is 2.56. The highest BCUT2D eigenvalue weighted by Crippen LogP contribution is 2.33. The summed E-state index contributed by atoms with van der Waals surface area (Å²) in [7, 11) is 0. The van der Waals surface area contributed by atoms with Gasteiger partial charge in [-0.05, 0) is 55.3 Å². The first kappa shape index (κ1) is 15.6. The maximum absolute atomic E-state index is 12.1. The van der Waals surface area contributed by atoms with Gasteiger partial charge in [0.05, 0.1) is 10.5 Å². The van der Waals surface area contributed by atoms with Gasteiger partial charge in [-0.15, -0.1) is 0 Å². The summed E-state index contributed by atoms with van der Waals surface area (Å²) in [6.07, 6.45) is 4.87. The summed E-state index contributed by atoms with van der Waals surface area (Å²) in [5.41, 5.74) is 0.359. The first-order valence-corrected chi connectivity index (χ1v) is 8.20. The number of nitrogens with zero attached hydrogens (tertiary/aromatic N) is 2. The molecule has 1 amide bonds. The monoisotopic (exact) mass is 332 g/mol. The predicted octanol–water partition coefficient (Wildman–Crippen LogP) is 2.55. The number of hydrogen-bond acceptors (Lipinski definition) is 5. The molecule has 2 N–H and O–H groups in total. The summed E-state index contributed by atoms with van der Waals surface area (Å²) >= 11 is 1.27. The van der Waals surface area contributed by atoms with Gasteiger partial charge >= 0.3 is 5.97 Å². The average molecular weight is 332 g/mol. The summed E-state index contributed by atoms with van der Waals surface area (Å²) in [6, 6.07) is 3.97. The summed E-state index contributed by atoms with van der Waals surface area (Å²) in [5.74, 6) is -1.50. The number of thioether (sulfide) groups is 1. The predicted molar refractivity (Wildman–Crippen MR) is 88.5 cm³/mol. The third-order valence-corrected chi connectivity index (χ3v) is 4.84. The molecule has 1 fully saturated rings. The molecule has 0 saturated carbocycles. The Morgan fingerprint density at radius 2 is 2.00 bits per heavy atom. The lowest BCUT2D eigenvalue weighted by atomic mass is 10.1. The van der Waals surface area contributed by atoms with Crippen LogP contribution < -0.4 is 0 Å². The van der Waals surface area contributed by atoms with Crippen LogP contribution in [0, 0.1) is 0 Å². The number of phenols is 1. The zero-order chi connectivity index (χ0) is 16.4. The lowest BCUT2D eigenvalue weighted by Gasteiger charge is -2.27. The molecular formula is C16H16N2O4S. The third-order valence-electron chi connectivity index (χ3n) is 3.80. The molecule has 120 valence electrons. The molecule has 6 nitrogen and oxygen atoms in total. The Hall–Kier alpha value is -2.28. The van der Waals surface area contributed by atoms with E-state index in [9.17, 15) is 14.7 Å². The van der Waals surface area contributed by atoms with Gasteiger partial charge in [-0.3, -0.25) is 4.79 Å². The van der Waals surface area contributed by atoms with Gasteiger partial charge in [-0.25, -0.2) is 4.79 Å². The van der Waals surface area contributed by atoms with E-state index < -0.39 is 5.97 Å². The van der Waals surface area contributed by atoms with Crippen LogP contribution in [-0.4, -0.2) is 45.2 Å². The zero-order valence-electron chi connectivity index (χ0n) is 12.4. The Bertz CT molecular complexity index is 721. The van der Waals surface area contributed by atoms with Crippen LogP contribution in [0.25, 0.3) is 6.08 Å². The molecule has 0 radical (unpaired) electrons. The molecule has 1 aromatic rings. The molecule has 23 heavy (non-hydrogen) atoms. The van der Waals surface area contributed by atoms with Crippen molar-refractivity contribution in [2.24, 2.45) is 4.99 Å². The second-order valence-electron chi connectivity index (χ2n) is 5.44. The topological polar surface area (TPSA) is 90.2 Å². The number of carbonyl (C=O) groups excluding carboxylic acids is 1. The van der Waals surface area contributed by atoms with E-state index in [0.717, 1.165) is 25.9 Å². The molecule has 0 unspecified atom stereocenters. The summed E-state index contributed by atoms with van der Waals surface area (Å²) in [4.78, 5) is 29.6. The number of phenolic OH excluding ortho intramolecular Hbond substituents is 1. The largest absolute Gasteiger partial charge is 0.507 e. The Morgan fingerprint density at radius 3 is 2.70 bits per heavy atom. The minimum absolute atomic E-state index is 0.0577. The van der Waals surface area contributed by atoms with E-state index in [0.29, 0.717) is 15.6 Å². The third kappa shape index (κ3) is 3.39. The van der Waals surface area contributed by atoms with Gasteiger partial charge in [0.25, 0.3) is 5.91 Å². The minimum atomic E-state index is -1.08. The number of aromatic hydroxyl groups is 1. The standard InChI is InChI=1S/C16H16N2O4S/c19-12-5-4-10(15(21)22)8-11(12)9-13-14(20)17-16(23-13)18-6-2-1-3-7-18/h4-5,8-9,19H,1-3,6-7H2,(H,21,22). The number of amides is 1. The second kappa shape index (κ2) is 6.45. The summed E-state index contributed by atoms with van der Waals surface area (Å²) in [5, 5.41) is 19.6. The van der Waals surface area contributed by atoms with Crippen LogP contribution in [-0.2, 0) is 4.79 Å². The van der Waals surface area contributed by atoms with Crippen molar-refractivity contribution >= 4 is 34.9 Å². The van der Waals surface area contributed by atoms with Crippen molar-refractivity contribution in [3.8, 4) is 5.75 Å². The molecule has 3 rings (SSSR count). The van der Waals surface area contributed by atoms with Crippen molar-refractivity contribution in [3.05, 3.63) is 34.2 Å². The van der Waals surface area contributed by atoms with Gasteiger partial charge in [0, 0.05) is 18.7 Å². The summed E-state index contributed by atoms with van der Waals surface area (Å²) < 4.78 is 0. The number of likely N-dealkylation sites (tertiary alicyclic amines) is 1. The van der Waals surface area contributed by atoms with Crippen LogP contribution in [0.1, 0.15) is 35.2 Å². The van der Waals surface area contributed by atoms with E-state index in [-0.39, 0.29) is 17.2 Å². The number of amidine groups is 1. The van der Waals surface area contributed by atoms with E-state index in [1.165, 1.54) is 42.5 Å². The number of hydrogen-bond donors (Lipinski definition) is 2. The number of carboxylic acids is 1. The van der Waals surface area contributed by atoms with Crippen molar-refractivity contribution in [2.45, 2.75) is 19.3 Å². The number of carbonyl (C=O) groups is 2. The lowest BCUT2D eigenvalue weighted by Crippen LogP contribution is -2.33. The zero-order valence-corrected chi connectivity index (χ0v) is 13.2. The van der Waals surface area contributed by atoms with E-state index in [1.807, 2.05) is 0 Å². The SMILES string of the molecule is O=C1N=C(N2CCCCC2)SC1=Cc1cc(C(=O)O)ccc1O. The van der Waals surface area contributed by atoms with Gasteiger partial charge in [0.15, 0.2) is 5.17 Å². The first-order valence-electron chi connectivity index (χ1n) is 7.38. The van der Waals surface area contributed by atoms with Crippen molar-refractivity contribution in [1.82, 2.24) is 4.90 Å². The molecule has 0 spiro atoms. The van der Waals surface area contributed by atoms with Crippen LogP contribution in [0.4, 0.5) is 0 Å². The van der Waals surface area contributed by atoms with E-state index in [2.05, 4.69) is 9.89 Å². The Labute approximate surface area is 137 Å². The van der Waals surface area contributed by atoms with Gasteiger partial charge < -0.3 is 15.1 Å². The lowest BCUT2D eigenvalue weighted by molar-refractivity contribution is -0.113. The number of carboxylic acid groups (broad SMARTS) is 1. The van der Waals surface area contributed by atoms with Crippen molar-refractivity contribution in [2.75, 3.05) is 13.1 Å². The minimum Gasteiger partial charge on any atom is -0.507 e. The van der Waals surface area contributed by atoms with Crippen LogP contribution in [0.3, 0.4) is 0 Å². The molecular weight excluding hydrogens is 316 g/mol. The Balaban J connectivity index is 1.83. The van der Waals surface area contributed by atoms with Crippen LogP contribution in [0.5, 0.6) is 5.75 Å². The van der Waals surface area contributed by atoms with E-state index in [1.54, 1.807) is 0 Å². The first-order chi connectivity index (χ1) is 11.0. The number of piperidine rings is 1. The molecule has 2 aliphatic rings. The average Bonchev–Trinajstić information content (AvgIpc) is 2.91. The highest BCUT2D eigenvalue weighted by atomic mass is 32.2. The Kier molecular flexibility index (Phi) is 4.38. The van der Waals surface area contributed by atoms with E-state index in [4.69, 9.17) is 5.11 Å². The summed E-state index contributed by atoms with van der Waals surface area (Å²) in [6.45, 7) is 1.79. The maximum Gasteiger partial charge on any atom is 0.335 e. The number of benzene rings is 1. The normalized spacial score (nSPS) is 20.0. The number of rotatable bonds is 2. The van der Waals surface area contributed by atoms with Crippen molar-refractivity contribution in [1.29, 1.82) is 0 Å². The van der Waals surface area contributed by atoms with Crippen molar-refractivity contribution in [3.63, 3.8) is 0 Å². The molecule has 2 heterocycles. The van der Waals surface area contributed by atoms with Crippen molar-refractivity contribution < 1.29 is 19.8 Å². The molecule has 0 aliphatic carbocycles. The quantitative estimate of drug-likeness (QED) is 0.809. The highest BCUT2D eigenvalue weighted by molar-refractivity contribution is 8.18. The smallest absolute Gasteiger partial charge is 0.335 e. The molecule has 1 aromatic carbocycles. The molecule has 0 bridgehead atoms. The number of aromatic carboxylic acids is 1. The van der Waals surface area contributed by atoms with E-state index >= 15 is 0 Å². The highest BCUT2D eigenvalue weighted by Gasteiger charge is 2.27. The second-order valence-corrected chi connectivity index (χ2v) is 6.45. The molecule has 1 saturated heterocycles. The number of aliphatic imine (C=N–C) groups is 1. The van der Waals surface area contributed by atoms with Gasteiger partial charge in [-0.1, -0.05) is 0 Å². The molecule has 0 atom stereocenters. The van der Waals surface area contributed by atoms with Crippen LogP contribution in [0.15, 0.2) is 28.1 Å². The van der Waals surface area contributed by atoms with Crippen LogP contribution in [0.2, 0.25) is 0 Å². The van der Waals surface area contributed by atoms with Crippen LogP contribution >= 0.6 is 11.8 Å². The Morgan fingerprint density at radius 1 is 1.26 bits per heavy atom.